The molecule has 0 aliphatic carbocycles. The Balaban J connectivity index is 1.88. The lowest BCUT2D eigenvalue weighted by molar-refractivity contribution is -0.137. The third-order valence-corrected chi connectivity index (χ3v) is 3.55. The van der Waals surface area contributed by atoms with Crippen molar-refractivity contribution in [2.45, 2.75) is 31.8 Å². The first-order valence-electron chi connectivity index (χ1n) is 7.37. The Morgan fingerprint density at radius 1 is 1.05 bits per heavy atom. The number of carbonyl (C=O) groups is 1. The molecule has 1 atom stereocenters. The van der Waals surface area contributed by atoms with Crippen LogP contribution >= 0.6 is 0 Å². The molecular weight excluding hydrogens is 281 g/mol. The van der Waals surface area contributed by atoms with Crippen molar-refractivity contribution < 1.29 is 14.3 Å². The van der Waals surface area contributed by atoms with Crippen LogP contribution in [0.1, 0.15) is 24.0 Å². The fourth-order valence-electron chi connectivity index (χ4n) is 2.34. The zero-order valence-corrected chi connectivity index (χ0v) is 12.3. The molecule has 0 amide bonds. The van der Waals surface area contributed by atoms with Gasteiger partial charge in [0.15, 0.2) is 0 Å². The molecule has 0 saturated heterocycles. The number of aryl methyl sites for hydroxylation is 1. The van der Waals surface area contributed by atoms with Gasteiger partial charge in [0.1, 0.15) is 5.82 Å². The molecule has 2 aromatic carbocycles. The van der Waals surface area contributed by atoms with Crippen molar-refractivity contribution in [3.63, 3.8) is 0 Å². The normalized spacial score (nSPS) is 12.0. The van der Waals surface area contributed by atoms with Crippen LogP contribution in [0.15, 0.2) is 54.6 Å². The minimum Gasteiger partial charge on any atom is -0.481 e. The Morgan fingerprint density at radius 2 is 1.73 bits per heavy atom. The molecule has 2 N–H and O–H groups in total. The van der Waals surface area contributed by atoms with Gasteiger partial charge in [0.05, 0.1) is 6.42 Å². The van der Waals surface area contributed by atoms with Crippen LogP contribution in [0, 0.1) is 5.82 Å². The van der Waals surface area contributed by atoms with Gasteiger partial charge in [-0.25, -0.2) is 4.39 Å². The van der Waals surface area contributed by atoms with Crippen molar-refractivity contribution in [2.75, 3.05) is 0 Å². The number of halogens is 1. The molecule has 0 heterocycles. The van der Waals surface area contributed by atoms with Crippen molar-refractivity contribution >= 4 is 5.97 Å². The molecule has 0 saturated carbocycles. The summed E-state index contributed by atoms with van der Waals surface area (Å²) in [5.41, 5.74) is 2.14. The highest BCUT2D eigenvalue weighted by Crippen LogP contribution is 2.10. The van der Waals surface area contributed by atoms with Gasteiger partial charge in [0, 0.05) is 12.6 Å². The largest absolute Gasteiger partial charge is 0.481 e. The molecular formula is C18H20FNO2. The molecule has 116 valence electrons. The summed E-state index contributed by atoms with van der Waals surface area (Å²) in [4.78, 5) is 11.0. The van der Waals surface area contributed by atoms with E-state index in [1.807, 2.05) is 30.3 Å². The zero-order chi connectivity index (χ0) is 15.8. The van der Waals surface area contributed by atoms with Gasteiger partial charge in [-0.15, -0.1) is 0 Å². The fraction of sp³-hybridized carbons (Fsp3) is 0.278. The Morgan fingerprint density at radius 3 is 2.36 bits per heavy atom. The summed E-state index contributed by atoms with van der Waals surface area (Å²) in [5, 5.41) is 12.3. The van der Waals surface area contributed by atoms with Crippen LogP contribution in [-0.2, 0) is 17.8 Å². The second kappa shape index (κ2) is 8.29. The van der Waals surface area contributed by atoms with Crippen LogP contribution in [0.25, 0.3) is 0 Å². The van der Waals surface area contributed by atoms with E-state index in [-0.39, 0.29) is 18.3 Å². The van der Waals surface area contributed by atoms with E-state index in [1.54, 1.807) is 12.1 Å². The van der Waals surface area contributed by atoms with Gasteiger partial charge in [-0.05, 0) is 36.1 Å². The molecule has 0 fully saturated rings. The molecule has 1 unspecified atom stereocenters. The van der Waals surface area contributed by atoms with Crippen LogP contribution in [0.4, 0.5) is 4.39 Å². The van der Waals surface area contributed by atoms with Crippen molar-refractivity contribution in [2.24, 2.45) is 0 Å². The van der Waals surface area contributed by atoms with Crippen molar-refractivity contribution in [3.05, 3.63) is 71.5 Å². The molecule has 0 aromatic heterocycles. The van der Waals surface area contributed by atoms with Crippen LogP contribution in [0.3, 0.4) is 0 Å². The second-order valence-electron chi connectivity index (χ2n) is 5.33. The number of nitrogens with one attached hydrogen (secondary N) is 1. The number of hydrogen-bond donors (Lipinski definition) is 2. The molecule has 22 heavy (non-hydrogen) atoms. The van der Waals surface area contributed by atoms with Crippen LogP contribution in [0.5, 0.6) is 0 Å². The highest BCUT2D eigenvalue weighted by Gasteiger charge is 2.13. The van der Waals surface area contributed by atoms with Crippen molar-refractivity contribution in [3.8, 4) is 0 Å². The monoisotopic (exact) mass is 301 g/mol. The molecule has 4 heteroatoms. The molecule has 2 rings (SSSR count). The van der Waals surface area contributed by atoms with Gasteiger partial charge >= 0.3 is 5.97 Å². The van der Waals surface area contributed by atoms with E-state index in [0.717, 1.165) is 17.5 Å². The van der Waals surface area contributed by atoms with E-state index in [4.69, 9.17) is 5.11 Å². The number of carboxylic acid groups (broad SMARTS) is 1. The maximum absolute atomic E-state index is 12.9. The van der Waals surface area contributed by atoms with E-state index in [2.05, 4.69) is 5.32 Å². The van der Waals surface area contributed by atoms with Gasteiger partial charge in [-0.1, -0.05) is 42.5 Å². The number of rotatable bonds is 8. The summed E-state index contributed by atoms with van der Waals surface area (Å²) in [6.45, 7) is 0.641. The maximum atomic E-state index is 12.9. The Hall–Kier alpha value is -2.20. The third kappa shape index (κ3) is 5.66. The Kier molecular flexibility index (Phi) is 6.10. The number of aliphatic carboxylic acids is 1. The first-order valence-corrected chi connectivity index (χ1v) is 7.37. The summed E-state index contributed by atoms with van der Waals surface area (Å²) in [6, 6.07) is 16.1. The van der Waals surface area contributed by atoms with Crippen molar-refractivity contribution in [1.82, 2.24) is 5.32 Å². The summed E-state index contributed by atoms with van der Waals surface area (Å²) >= 11 is 0. The van der Waals surface area contributed by atoms with E-state index < -0.39 is 5.97 Å². The SMILES string of the molecule is O=C(O)CC(CCc1ccc(F)cc1)NCc1ccccc1. The summed E-state index contributed by atoms with van der Waals surface area (Å²) in [6.07, 6.45) is 1.50. The highest BCUT2D eigenvalue weighted by atomic mass is 19.1. The first-order chi connectivity index (χ1) is 10.6. The molecule has 2 aromatic rings. The van der Waals surface area contributed by atoms with Gasteiger partial charge < -0.3 is 10.4 Å². The van der Waals surface area contributed by atoms with Crippen LogP contribution < -0.4 is 5.32 Å². The Labute approximate surface area is 129 Å². The second-order valence-corrected chi connectivity index (χ2v) is 5.33. The number of hydrogen-bond acceptors (Lipinski definition) is 2. The predicted molar refractivity (Wildman–Crippen MR) is 84.0 cm³/mol. The average molecular weight is 301 g/mol. The minimum atomic E-state index is -0.815. The first kappa shape index (κ1) is 16.2. The quantitative estimate of drug-likeness (QED) is 0.786. The van der Waals surface area contributed by atoms with Crippen LogP contribution in [0.2, 0.25) is 0 Å². The topological polar surface area (TPSA) is 49.3 Å². The summed E-state index contributed by atoms with van der Waals surface area (Å²) < 4.78 is 12.9. The molecule has 0 spiro atoms. The Bertz CT molecular complexity index is 584. The fourth-order valence-corrected chi connectivity index (χ4v) is 2.34. The molecule has 0 aliphatic heterocycles. The van der Waals surface area contributed by atoms with Crippen molar-refractivity contribution in [1.29, 1.82) is 0 Å². The van der Waals surface area contributed by atoms with E-state index in [9.17, 15) is 9.18 Å². The van der Waals surface area contributed by atoms with Crippen LogP contribution in [-0.4, -0.2) is 17.1 Å². The van der Waals surface area contributed by atoms with E-state index in [0.29, 0.717) is 13.0 Å². The van der Waals surface area contributed by atoms with Gasteiger partial charge in [-0.2, -0.15) is 0 Å². The summed E-state index contributed by atoms with van der Waals surface area (Å²) in [7, 11) is 0. The zero-order valence-electron chi connectivity index (χ0n) is 12.3. The molecule has 3 nitrogen and oxygen atoms in total. The standard InChI is InChI=1S/C18H20FNO2/c19-16-9-6-14(7-10-16)8-11-17(12-18(21)22)20-13-15-4-2-1-3-5-15/h1-7,9-10,17,20H,8,11-13H2,(H,21,22). The minimum absolute atomic E-state index is 0.0774. The van der Waals surface area contributed by atoms with Gasteiger partial charge in [0.2, 0.25) is 0 Å². The lowest BCUT2D eigenvalue weighted by Gasteiger charge is -2.17. The van der Waals surface area contributed by atoms with Gasteiger partial charge in [-0.3, -0.25) is 4.79 Å². The number of carboxylic acids is 1. The lowest BCUT2D eigenvalue weighted by Crippen LogP contribution is -2.31. The highest BCUT2D eigenvalue weighted by molar-refractivity contribution is 5.67. The van der Waals surface area contributed by atoms with E-state index >= 15 is 0 Å². The molecule has 0 radical (unpaired) electrons. The maximum Gasteiger partial charge on any atom is 0.304 e. The predicted octanol–water partition coefficient (Wildman–Crippen LogP) is 3.39. The van der Waals surface area contributed by atoms with E-state index in [1.165, 1.54) is 12.1 Å². The third-order valence-electron chi connectivity index (χ3n) is 3.55. The number of benzene rings is 2. The average Bonchev–Trinajstić information content (AvgIpc) is 2.52. The summed E-state index contributed by atoms with van der Waals surface area (Å²) in [5.74, 6) is -1.07. The molecule has 0 bridgehead atoms. The van der Waals surface area contributed by atoms with Gasteiger partial charge in [0.25, 0.3) is 0 Å². The molecule has 0 aliphatic rings. The lowest BCUT2D eigenvalue weighted by atomic mass is 10.0. The smallest absolute Gasteiger partial charge is 0.304 e.